The van der Waals surface area contributed by atoms with Crippen LogP contribution in [0, 0.1) is 43.4 Å². The Morgan fingerprint density at radius 3 is 2.17 bits per heavy atom. The molecule has 4 rings (SSSR count). The highest BCUT2D eigenvalue weighted by atomic mass is 79.9. The van der Waals surface area contributed by atoms with Crippen molar-refractivity contribution in [1.29, 1.82) is 0 Å². The lowest BCUT2D eigenvalue weighted by atomic mass is 9.81. The lowest BCUT2D eigenvalue weighted by molar-refractivity contribution is -0.147. The Balaban J connectivity index is 1.62. The smallest absolute Gasteiger partial charge is 0.247 e. The standard InChI is InChI=1S/C23H28Br2N2O3/c1-10(2)7-16(21(28)26-15-6-5-11(3)8-12(15)4)27-22(29)17-13-9-14(18(17)23(27)30)20(25)19(13)24/h5-6,8,10,13-14,16-20H,7,9H2,1-4H3,(H,26,28)/t13-,14-,16+,17-,18-,19+,20+/m1/s1. The molecule has 7 atom stereocenters. The number of carbonyl (C=O) groups excluding carboxylic acids is 3. The van der Waals surface area contributed by atoms with Crippen LogP contribution in [0.2, 0.25) is 0 Å². The summed E-state index contributed by atoms with van der Waals surface area (Å²) in [6.45, 7) is 7.97. The highest BCUT2D eigenvalue weighted by molar-refractivity contribution is 9.12. The Hall–Kier alpha value is -1.21. The first-order valence-electron chi connectivity index (χ1n) is 10.6. The molecular weight excluding hydrogens is 512 g/mol. The van der Waals surface area contributed by atoms with Gasteiger partial charge in [-0.1, -0.05) is 63.4 Å². The summed E-state index contributed by atoms with van der Waals surface area (Å²) in [4.78, 5) is 41.8. The number of imide groups is 1. The molecule has 162 valence electrons. The zero-order valence-electron chi connectivity index (χ0n) is 17.7. The number of rotatable bonds is 5. The van der Waals surface area contributed by atoms with E-state index in [9.17, 15) is 14.4 Å². The summed E-state index contributed by atoms with van der Waals surface area (Å²) in [5.41, 5.74) is 2.80. The summed E-state index contributed by atoms with van der Waals surface area (Å²) in [6, 6.07) is 5.05. The van der Waals surface area contributed by atoms with Crippen LogP contribution >= 0.6 is 31.9 Å². The fourth-order valence-electron chi connectivity index (χ4n) is 5.63. The van der Waals surface area contributed by atoms with E-state index in [-0.39, 0.29) is 57.0 Å². The zero-order chi connectivity index (χ0) is 21.9. The van der Waals surface area contributed by atoms with Crippen LogP contribution in [0.25, 0.3) is 0 Å². The average molecular weight is 540 g/mol. The van der Waals surface area contributed by atoms with E-state index < -0.39 is 6.04 Å². The number of hydrogen-bond acceptors (Lipinski definition) is 3. The predicted octanol–water partition coefficient (Wildman–Crippen LogP) is 4.43. The first kappa shape index (κ1) is 22.0. The second-order valence-electron chi connectivity index (χ2n) is 9.50. The summed E-state index contributed by atoms with van der Waals surface area (Å²) >= 11 is 7.44. The van der Waals surface area contributed by atoms with Gasteiger partial charge in [0, 0.05) is 15.3 Å². The maximum Gasteiger partial charge on any atom is 0.247 e. The molecule has 3 amide bonds. The van der Waals surface area contributed by atoms with E-state index in [0.717, 1.165) is 23.2 Å². The van der Waals surface area contributed by atoms with Gasteiger partial charge in [0.05, 0.1) is 11.8 Å². The third-order valence-corrected chi connectivity index (χ3v) is 10.2. The molecule has 1 saturated heterocycles. The number of halogens is 2. The molecule has 0 spiro atoms. The average Bonchev–Trinajstić information content (AvgIpc) is 3.27. The van der Waals surface area contributed by atoms with Crippen LogP contribution in [0.5, 0.6) is 0 Å². The Kier molecular flexibility index (Phi) is 5.90. The number of nitrogens with one attached hydrogen (secondary N) is 1. The van der Waals surface area contributed by atoms with Crippen molar-refractivity contribution in [2.24, 2.45) is 29.6 Å². The zero-order valence-corrected chi connectivity index (χ0v) is 20.9. The van der Waals surface area contributed by atoms with Crippen molar-refractivity contribution in [3.8, 4) is 0 Å². The van der Waals surface area contributed by atoms with Crippen LogP contribution in [-0.2, 0) is 14.4 Å². The van der Waals surface area contributed by atoms with Crippen molar-refractivity contribution < 1.29 is 14.4 Å². The lowest BCUT2D eigenvalue weighted by Gasteiger charge is -2.28. The molecule has 30 heavy (non-hydrogen) atoms. The number of aryl methyl sites for hydroxylation is 2. The van der Waals surface area contributed by atoms with E-state index in [2.05, 4.69) is 37.2 Å². The number of amides is 3. The normalized spacial score (nSPS) is 33.4. The van der Waals surface area contributed by atoms with Crippen molar-refractivity contribution in [2.75, 3.05) is 5.32 Å². The largest absolute Gasteiger partial charge is 0.324 e. The number of hydrogen-bond donors (Lipinski definition) is 1. The van der Waals surface area contributed by atoms with E-state index in [0.29, 0.717) is 6.42 Å². The van der Waals surface area contributed by atoms with E-state index in [4.69, 9.17) is 0 Å². The van der Waals surface area contributed by atoms with Crippen LogP contribution in [-0.4, -0.2) is 38.3 Å². The monoisotopic (exact) mass is 538 g/mol. The lowest BCUT2D eigenvalue weighted by Crippen LogP contribution is -2.49. The molecule has 1 heterocycles. The molecule has 2 aliphatic carbocycles. The molecule has 1 aromatic rings. The first-order chi connectivity index (χ1) is 14.1. The van der Waals surface area contributed by atoms with Crippen LogP contribution in [0.1, 0.15) is 37.8 Å². The summed E-state index contributed by atoms with van der Waals surface area (Å²) < 4.78 is 0. The van der Waals surface area contributed by atoms with Gasteiger partial charge in [-0.15, -0.1) is 0 Å². The molecule has 2 saturated carbocycles. The fraction of sp³-hybridized carbons (Fsp3) is 0.609. The molecule has 1 aliphatic heterocycles. The minimum atomic E-state index is -0.779. The SMILES string of the molecule is Cc1ccc(NC(=O)[C@H](CC(C)C)N2C(=O)[C@@H]3[C@H]4C[C@@H]([C@H](Br)[C@H]4Br)[C@H]3C2=O)c(C)c1. The van der Waals surface area contributed by atoms with Crippen molar-refractivity contribution >= 4 is 55.3 Å². The molecule has 7 heteroatoms. The summed E-state index contributed by atoms with van der Waals surface area (Å²) in [5.74, 6) is -0.749. The van der Waals surface area contributed by atoms with Gasteiger partial charge in [0.25, 0.3) is 0 Å². The van der Waals surface area contributed by atoms with Gasteiger partial charge in [-0.2, -0.15) is 0 Å². The fourth-order valence-corrected chi connectivity index (χ4v) is 7.50. The topological polar surface area (TPSA) is 66.5 Å². The molecule has 1 N–H and O–H groups in total. The third kappa shape index (κ3) is 3.46. The first-order valence-corrected chi connectivity index (χ1v) is 12.5. The molecule has 0 aromatic heterocycles. The highest BCUT2D eigenvalue weighted by Crippen LogP contribution is 2.60. The highest BCUT2D eigenvalue weighted by Gasteiger charge is 2.67. The molecule has 3 aliphatic rings. The van der Waals surface area contributed by atoms with E-state index in [1.807, 2.05) is 45.9 Å². The minimum absolute atomic E-state index is 0.146. The number of nitrogens with zero attached hydrogens (tertiary/aromatic N) is 1. The summed E-state index contributed by atoms with van der Waals surface area (Å²) in [5, 5.41) is 2.98. The van der Waals surface area contributed by atoms with Gasteiger partial charge in [-0.05, 0) is 56.1 Å². The second kappa shape index (κ2) is 8.05. The maximum atomic E-state index is 13.4. The van der Waals surface area contributed by atoms with Gasteiger partial charge >= 0.3 is 0 Å². The quantitative estimate of drug-likeness (QED) is 0.444. The molecular formula is C23H28Br2N2O3. The van der Waals surface area contributed by atoms with Gasteiger partial charge < -0.3 is 5.32 Å². The number of carbonyl (C=O) groups is 3. The third-order valence-electron chi connectivity index (χ3n) is 6.97. The van der Waals surface area contributed by atoms with Gasteiger partial charge in [-0.3, -0.25) is 19.3 Å². The maximum absolute atomic E-state index is 13.4. The van der Waals surface area contributed by atoms with E-state index in [1.54, 1.807) is 0 Å². The summed E-state index contributed by atoms with van der Waals surface area (Å²) in [6.07, 6.45) is 1.34. The number of anilines is 1. The van der Waals surface area contributed by atoms with Crippen molar-refractivity contribution in [2.45, 2.75) is 56.2 Å². The predicted molar refractivity (Wildman–Crippen MR) is 124 cm³/mol. The Morgan fingerprint density at radius 1 is 1.10 bits per heavy atom. The van der Waals surface area contributed by atoms with E-state index in [1.165, 1.54) is 4.90 Å². The molecule has 2 bridgehead atoms. The van der Waals surface area contributed by atoms with Gasteiger partial charge in [0.15, 0.2) is 0 Å². The van der Waals surface area contributed by atoms with Crippen LogP contribution in [0.3, 0.4) is 0 Å². The van der Waals surface area contributed by atoms with Crippen LogP contribution in [0.4, 0.5) is 5.69 Å². The second-order valence-corrected chi connectivity index (χ2v) is 11.6. The van der Waals surface area contributed by atoms with Gasteiger partial charge in [0.2, 0.25) is 17.7 Å². The molecule has 0 radical (unpaired) electrons. The Labute approximate surface area is 194 Å². The number of benzene rings is 1. The number of likely N-dealkylation sites (tertiary alicyclic amines) is 1. The van der Waals surface area contributed by atoms with Gasteiger partial charge in [0.1, 0.15) is 6.04 Å². The van der Waals surface area contributed by atoms with Gasteiger partial charge in [-0.25, -0.2) is 0 Å². The van der Waals surface area contributed by atoms with Crippen molar-refractivity contribution in [3.05, 3.63) is 29.3 Å². The minimum Gasteiger partial charge on any atom is -0.324 e. The molecule has 1 aromatic carbocycles. The Morgan fingerprint density at radius 2 is 1.67 bits per heavy atom. The number of fused-ring (bicyclic) bond motifs is 5. The number of alkyl halides is 2. The van der Waals surface area contributed by atoms with Crippen molar-refractivity contribution in [3.63, 3.8) is 0 Å². The van der Waals surface area contributed by atoms with Crippen molar-refractivity contribution in [1.82, 2.24) is 4.90 Å². The summed E-state index contributed by atoms with van der Waals surface area (Å²) in [7, 11) is 0. The molecule has 3 fully saturated rings. The molecule has 0 unspecified atom stereocenters. The van der Waals surface area contributed by atoms with E-state index >= 15 is 0 Å². The Bertz CT molecular complexity index is 870. The van der Waals surface area contributed by atoms with Crippen LogP contribution < -0.4 is 5.32 Å². The van der Waals surface area contributed by atoms with Crippen LogP contribution in [0.15, 0.2) is 18.2 Å². The molecule has 5 nitrogen and oxygen atoms in total.